The van der Waals surface area contributed by atoms with E-state index in [0.29, 0.717) is 6.41 Å². The van der Waals surface area contributed by atoms with Crippen LogP contribution in [0.15, 0.2) is 12.1 Å². The quantitative estimate of drug-likeness (QED) is 0.644. The number of rotatable bonds is 6. The van der Waals surface area contributed by atoms with Crippen LogP contribution in [0.25, 0.3) is 0 Å². The molecule has 0 aliphatic rings. The highest BCUT2D eigenvalue weighted by Gasteiger charge is 2.23. The molecule has 0 fully saturated rings. The molecule has 0 spiro atoms. The highest BCUT2D eigenvalue weighted by atomic mass is 35.5. The Hall–Kier alpha value is -1.79. The number of halogens is 1. The Balaban J connectivity index is 3.31. The summed E-state index contributed by atoms with van der Waals surface area (Å²) in [5.41, 5.74) is -0.483. The van der Waals surface area contributed by atoms with Gasteiger partial charge in [0.25, 0.3) is 0 Å². The number of nitrogens with zero attached hydrogens (tertiary/aromatic N) is 1. The average molecular weight is 316 g/mol. The van der Waals surface area contributed by atoms with E-state index >= 15 is 0 Å². The van der Waals surface area contributed by atoms with E-state index in [9.17, 15) is 9.59 Å². The van der Waals surface area contributed by atoms with E-state index in [-0.39, 0.29) is 28.6 Å². The Bertz CT molecular complexity index is 539. The predicted octanol–water partition coefficient (Wildman–Crippen LogP) is 3.13. The minimum Gasteiger partial charge on any atom is -0.493 e. The second kappa shape index (κ2) is 6.78. The van der Waals surface area contributed by atoms with E-state index in [2.05, 4.69) is 0 Å². The molecule has 0 radical (unpaired) electrons. The van der Waals surface area contributed by atoms with Gasteiger partial charge in [-0.05, 0) is 33.8 Å². The van der Waals surface area contributed by atoms with Gasteiger partial charge in [-0.3, -0.25) is 9.63 Å². The molecule has 0 aliphatic carbocycles. The van der Waals surface area contributed by atoms with Crippen molar-refractivity contribution in [3.8, 4) is 5.75 Å². The number of carbonyl (C=O) groups is 2. The molecule has 7 heteroatoms. The summed E-state index contributed by atoms with van der Waals surface area (Å²) < 4.78 is 5.28. The summed E-state index contributed by atoms with van der Waals surface area (Å²) in [6, 6.07) is 2.60. The van der Waals surface area contributed by atoms with Crippen LogP contribution in [-0.4, -0.2) is 29.7 Å². The molecule has 21 heavy (non-hydrogen) atoms. The molecule has 0 aliphatic heterocycles. The molecule has 0 aromatic heterocycles. The van der Waals surface area contributed by atoms with Gasteiger partial charge >= 0.3 is 5.97 Å². The predicted molar refractivity (Wildman–Crippen MR) is 79.0 cm³/mol. The van der Waals surface area contributed by atoms with Crippen LogP contribution in [0.1, 0.15) is 38.1 Å². The topological polar surface area (TPSA) is 76.1 Å². The van der Waals surface area contributed by atoms with E-state index in [1.807, 2.05) is 0 Å². The Morgan fingerprint density at radius 1 is 1.43 bits per heavy atom. The molecule has 1 amide bonds. The number of anilines is 1. The van der Waals surface area contributed by atoms with E-state index < -0.39 is 11.6 Å². The van der Waals surface area contributed by atoms with Gasteiger partial charge in [0.05, 0.1) is 22.9 Å². The summed E-state index contributed by atoms with van der Waals surface area (Å²) in [6.45, 7) is 7.32. The number of benzene rings is 1. The molecule has 0 unspecified atom stereocenters. The van der Waals surface area contributed by atoms with Crippen molar-refractivity contribution in [2.45, 2.75) is 33.3 Å². The van der Waals surface area contributed by atoms with Crippen molar-refractivity contribution in [2.24, 2.45) is 0 Å². The highest BCUT2D eigenvalue weighted by Crippen LogP contribution is 2.34. The minimum atomic E-state index is -1.17. The molecule has 6 nitrogen and oxygen atoms in total. The maximum atomic E-state index is 11.2. The lowest BCUT2D eigenvalue weighted by atomic mass is 10.1. The molecule has 0 atom stereocenters. The van der Waals surface area contributed by atoms with Gasteiger partial charge in [0.15, 0.2) is 0 Å². The lowest BCUT2D eigenvalue weighted by Gasteiger charge is -2.27. The fourth-order valence-electron chi connectivity index (χ4n) is 1.58. The first-order valence-corrected chi connectivity index (χ1v) is 6.70. The van der Waals surface area contributed by atoms with Crippen LogP contribution in [0.4, 0.5) is 5.69 Å². The summed E-state index contributed by atoms with van der Waals surface area (Å²) in [5, 5.41) is 10.2. The van der Waals surface area contributed by atoms with Crippen LogP contribution in [0.3, 0.4) is 0 Å². The number of ether oxygens (including phenoxy) is 1. The maximum absolute atomic E-state index is 11.2. The molecular weight excluding hydrogens is 298 g/mol. The zero-order valence-corrected chi connectivity index (χ0v) is 13.1. The number of hydroxylamine groups is 1. The molecular formula is C14H18ClNO5. The Labute approximate surface area is 128 Å². The zero-order valence-electron chi connectivity index (χ0n) is 12.3. The lowest BCUT2D eigenvalue weighted by Crippen LogP contribution is -2.33. The van der Waals surface area contributed by atoms with Crippen molar-refractivity contribution in [2.75, 3.05) is 11.7 Å². The highest BCUT2D eigenvalue weighted by molar-refractivity contribution is 6.34. The van der Waals surface area contributed by atoms with Crippen molar-refractivity contribution >= 4 is 29.7 Å². The normalized spacial score (nSPS) is 11.1. The average Bonchev–Trinajstić information content (AvgIpc) is 2.36. The van der Waals surface area contributed by atoms with Gasteiger partial charge in [0.1, 0.15) is 11.3 Å². The molecule has 0 bridgehead atoms. The number of hydrogen-bond donors (Lipinski definition) is 1. The van der Waals surface area contributed by atoms with Gasteiger partial charge in [-0.25, -0.2) is 4.79 Å². The third kappa shape index (κ3) is 4.61. The number of aromatic carboxylic acids is 1. The fourth-order valence-corrected chi connectivity index (χ4v) is 1.82. The maximum Gasteiger partial charge on any atom is 0.339 e. The smallest absolute Gasteiger partial charge is 0.339 e. The van der Waals surface area contributed by atoms with Crippen LogP contribution in [0.2, 0.25) is 5.02 Å². The first-order valence-electron chi connectivity index (χ1n) is 6.33. The van der Waals surface area contributed by atoms with Crippen LogP contribution >= 0.6 is 11.6 Å². The number of carboxylic acids is 1. The van der Waals surface area contributed by atoms with Gasteiger partial charge in [-0.1, -0.05) is 11.6 Å². The Morgan fingerprint density at radius 2 is 2.05 bits per heavy atom. The molecule has 0 saturated heterocycles. The monoisotopic (exact) mass is 315 g/mol. The molecule has 1 aromatic carbocycles. The van der Waals surface area contributed by atoms with Crippen LogP contribution in [0.5, 0.6) is 5.75 Å². The number of hydrogen-bond acceptors (Lipinski definition) is 4. The van der Waals surface area contributed by atoms with Gasteiger partial charge in [0, 0.05) is 6.07 Å². The molecule has 0 saturated carbocycles. The second-order valence-corrected chi connectivity index (χ2v) is 5.58. The van der Waals surface area contributed by atoms with Crippen molar-refractivity contribution in [1.29, 1.82) is 0 Å². The summed E-state index contributed by atoms with van der Waals surface area (Å²) in [6.07, 6.45) is 0.461. The zero-order chi connectivity index (χ0) is 16.2. The number of amides is 1. The Kier molecular flexibility index (Phi) is 5.57. The number of carbonyl (C=O) groups excluding carboxylic acids is 1. The molecule has 1 rings (SSSR count). The third-order valence-electron chi connectivity index (χ3n) is 2.28. The van der Waals surface area contributed by atoms with E-state index in [0.717, 1.165) is 5.06 Å². The standard InChI is InChI=1S/C14H18ClNO5/c1-5-20-12-7-11(10(15)6-9(12)13(18)19)16(8-17)21-14(2,3)4/h6-8H,5H2,1-4H3,(H,18,19). The van der Waals surface area contributed by atoms with Gasteiger partial charge in [0.2, 0.25) is 6.41 Å². The summed E-state index contributed by atoms with van der Waals surface area (Å²) >= 11 is 6.05. The fraction of sp³-hybridized carbons (Fsp3) is 0.429. The van der Waals surface area contributed by atoms with Crippen LogP contribution in [-0.2, 0) is 9.63 Å². The Morgan fingerprint density at radius 3 is 2.48 bits per heavy atom. The van der Waals surface area contributed by atoms with E-state index in [1.54, 1.807) is 27.7 Å². The molecule has 1 aromatic rings. The lowest BCUT2D eigenvalue weighted by molar-refractivity contribution is -0.120. The first-order chi connectivity index (χ1) is 9.69. The van der Waals surface area contributed by atoms with Gasteiger partial charge < -0.3 is 9.84 Å². The van der Waals surface area contributed by atoms with E-state index in [4.69, 9.17) is 26.3 Å². The largest absolute Gasteiger partial charge is 0.493 e. The van der Waals surface area contributed by atoms with Crippen molar-refractivity contribution < 1.29 is 24.3 Å². The summed E-state index contributed by atoms with van der Waals surface area (Å²) in [4.78, 5) is 27.8. The molecule has 1 N–H and O–H groups in total. The number of carboxylic acid groups (broad SMARTS) is 1. The van der Waals surface area contributed by atoms with Crippen molar-refractivity contribution in [1.82, 2.24) is 0 Å². The molecule has 116 valence electrons. The van der Waals surface area contributed by atoms with Gasteiger partial charge in [-0.2, -0.15) is 5.06 Å². The summed E-state index contributed by atoms with van der Waals surface area (Å²) in [7, 11) is 0. The first kappa shape index (κ1) is 17.3. The third-order valence-corrected chi connectivity index (χ3v) is 2.59. The van der Waals surface area contributed by atoms with E-state index in [1.165, 1.54) is 12.1 Å². The van der Waals surface area contributed by atoms with Crippen LogP contribution < -0.4 is 9.80 Å². The molecule has 0 heterocycles. The minimum absolute atomic E-state index is 0.0761. The second-order valence-electron chi connectivity index (χ2n) is 5.17. The van der Waals surface area contributed by atoms with Crippen LogP contribution in [0, 0.1) is 0 Å². The van der Waals surface area contributed by atoms with Gasteiger partial charge in [-0.15, -0.1) is 0 Å². The van der Waals surface area contributed by atoms with Crippen molar-refractivity contribution in [3.05, 3.63) is 22.7 Å². The van der Waals surface area contributed by atoms with Crippen molar-refractivity contribution in [3.63, 3.8) is 0 Å². The summed E-state index contributed by atoms with van der Waals surface area (Å²) in [5.74, 6) is -1.05. The SMILES string of the molecule is CCOc1cc(N(C=O)OC(C)(C)C)c(Cl)cc1C(=O)O.